The van der Waals surface area contributed by atoms with E-state index in [4.69, 9.17) is 9.90 Å². The Labute approximate surface area is 120 Å². The zero-order valence-electron chi connectivity index (χ0n) is 12.4. The van der Waals surface area contributed by atoms with Crippen LogP contribution in [-0.4, -0.2) is 17.5 Å². The molecule has 0 fully saturated rings. The second-order valence-electron chi connectivity index (χ2n) is 4.41. The normalized spacial score (nSPS) is 9.89. The minimum absolute atomic E-state index is 0.512. The van der Waals surface area contributed by atoms with E-state index in [9.17, 15) is 0 Å². The van der Waals surface area contributed by atoms with Crippen LogP contribution >= 0.6 is 0 Å². The molecule has 0 heterocycles. The summed E-state index contributed by atoms with van der Waals surface area (Å²) in [4.78, 5) is 10.5. The molecule has 0 aliphatic rings. The number of carboxylic acids is 1. The van der Waals surface area contributed by atoms with Crippen molar-refractivity contribution in [3.8, 4) is 0 Å². The van der Waals surface area contributed by atoms with Gasteiger partial charge in [0.2, 0.25) is 0 Å². The zero-order valence-corrected chi connectivity index (χ0v) is 13.2. The van der Waals surface area contributed by atoms with Crippen molar-refractivity contribution in [2.24, 2.45) is 0 Å². The summed E-state index contributed by atoms with van der Waals surface area (Å²) in [5, 5.41) is 8.89. The van der Waals surface area contributed by atoms with Crippen LogP contribution in [0.3, 0.4) is 0 Å². The molecule has 0 spiro atoms. The number of hydrogen-bond donors (Lipinski definition) is 0. The van der Waals surface area contributed by atoms with E-state index in [2.05, 4.69) is 44.2 Å². The first-order valence-electron chi connectivity index (χ1n) is 7.01. The molecule has 0 amide bonds. The predicted molar refractivity (Wildman–Crippen MR) is 82.3 cm³/mol. The molecule has 1 aromatic rings. The molecular weight excluding hydrogens is 256 g/mol. The maximum absolute atomic E-state index is 8.89. The van der Waals surface area contributed by atoms with Gasteiger partial charge in [0.05, 0.1) is 0 Å². The SMILES string of the molecule is CC(=O)[O-].CCCC[S+](CCCC)c1ccccc1. The van der Waals surface area contributed by atoms with Crippen molar-refractivity contribution in [3.05, 3.63) is 30.3 Å². The minimum Gasteiger partial charge on any atom is -0.550 e. The van der Waals surface area contributed by atoms with E-state index in [-0.39, 0.29) is 0 Å². The lowest BCUT2D eigenvalue weighted by atomic mass is 10.4. The van der Waals surface area contributed by atoms with Crippen molar-refractivity contribution < 1.29 is 9.90 Å². The highest BCUT2D eigenvalue weighted by molar-refractivity contribution is 7.96. The Morgan fingerprint density at radius 2 is 1.47 bits per heavy atom. The lowest BCUT2D eigenvalue weighted by Crippen LogP contribution is -2.16. The Morgan fingerprint density at radius 3 is 1.84 bits per heavy atom. The van der Waals surface area contributed by atoms with Crippen molar-refractivity contribution in [3.63, 3.8) is 0 Å². The lowest BCUT2D eigenvalue weighted by Gasteiger charge is -2.07. The Morgan fingerprint density at radius 1 is 1.05 bits per heavy atom. The van der Waals surface area contributed by atoms with Gasteiger partial charge in [0.1, 0.15) is 11.5 Å². The quantitative estimate of drug-likeness (QED) is 0.721. The van der Waals surface area contributed by atoms with E-state index in [1.807, 2.05) is 0 Å². The summed E-state index contributed by atoms with van der Waals surface area (Å²) in [6.45, 7) is 5.54. The summed E-state index contributed by atoms with van der Waals surface area (Å²) in [6.07, 6.45) is 5.40. The van der Waals surface area contributed by atoms with Crippen LogP contribution in [0.15, 0.2) is 35.2 Å². The van der Waals surface area contributed by atoms with Gasteiger partial charge in [-0.3, -0.25) is 0 Å². The van der Waals surface area contributed by atoms with Crippen LogP contribution in [0, 0.1) is 0 Å². The molecule has 0 aromatic heterocycles. The number of benzene rings is 1. The first-order valence-corrected chi connectivity index (χ1v) is 8.58. The summed E-state index contributed by atoms with van der Waals surface area (Å²) < 4.78 is 0. The fourth-order valence-corrected chi connectivity index (χ4v) is 4.08. The van der Waals surface area contributed by atoms with Gasteiger partial charge in [-0.1, -0.05) is 44.9 Å². The Kier molecular flexibility index (Phi) is 11.5. The van der Waals surface area contributed by atoms with Crippen molar-refractivity contribution in [1.29, 1.82) is 0 Å². The largest absolute Gasteiger partial charge is 0.550 e. The zero-order chi connectivity index (χ0) is 14.5. The van der Waals surface area contributed by atoms with Crippen molar-refractivity contribution >= 4 is 16.9 Å². The van der Waals surface area contributed by atoms with Gasteiger partial charge in [0.25, 0.3) is 0 Å². The molecule has 0 bridgehead atoms. The van der Waals surface area contributed by atoms with Crippen molar-refractivity contribution in [2.45, 2.75) is 51.3 Å². The molecule has 3 heteroatoms. The summed E-state index contributed by atoms with van der Waals surface area (Å²) in [7, 11) is 0.512. The fraction of sp³-hybridized carbons (Fsp3) is 0.562. The number of carbonyl (C=O) groups excluding carboxylic acids is 1. The van der Waals surface area contributed by atoms with Gasteiger partial charge in [-0.15, -0.1) is 0 Å². The van der Waals surface area contributed by atoms with E-state index in [0.29, 0.717) is 10.9 Å². The molecular formula is C16H26O2S. The Bertz CT molecular complexity index is 313. The molecule has 0 saturated heterocycles. The number of aliphatic carboxylic acids is 1. The van der Waals surface area contributed by atoms with E-state index in [1.165, 1.54) is 37.2 Å². The fourth-order valence-electron chi connectivity index (χ4n) is 1.59. The van der Waals surface area contributed by atoms with Gasteiger partial charge in [-0.05, 0) is 31.9 Å². The van der Waals surface area contributed by atoms with Crippen LogP contribution in [-0.2, 0) is 15.7 Å². The number of carboxylic acid groups (broad SMARTS) is 1. The van der Waals surface area contributed by atoms with Gasteiger partial charge in [0, 0.05) is 16.9 Å². The lowest BCUT2D eigenvalue weighted by molar-refractivity contribution is -0.302. The van der Waals surface area contributed by atoms with Gasteiger partial charge in [0.15, 0.2) is 4.90 Å². The van der Waals surface area contributed by atoms with Crippen LogP contribution < -0.4 is 5.11 Å². The average molecular weight is 282 g/mol. The third kappa shape index (κ3) is 10.6. The smallest absolute Gasteiger partial charge is 0.154 e. The summed E-state index contributed by atoms with van der Waals surface area (Å²) in [5.74, 6) is 1.70. The van der Waals surface area contributed by atoms with E-state index < -0.39 is 5.97 Å². The van der Waals surface area contributed by atoms with Crippen LogP contribution in [0.5, 0.6) is 0 Å². The maximum Gasteiger partial charge on any atom is 0.154 e. The molecule has 1 aromatic carbocycles. The number of rotatable bonds is 7. The van der Waals surface area contributed by atoms with Gasteiger partial charge < -0.3 is 9.90 Å². The molecule has 0 radical (unpaired) electrons. The first kappa shape index (κ1) is 18.0. The molecule has 108 valence electrons. The molecule has 0 atom stereocenters. The van der Waals surface area contributed by atoms with Gasteiger partial charge >= 0.3 is 0 Å². The van der Waals surface area contributed by atoms with Crippen LogP contribution in [0.1, 0.15) is 46.5 Å². The minimum atomic E-state index is -1.08. The molecule has 1 rings (SSSR count). The summed E-state index contributed by atoms with van der Waals surface area (Å²) >= 11 is 0. The maximum atomic E-state index is 8.89. The highest BCUT2D eigenvalue weighted by Crippen LogP contribution is 2.17. The van der Waals surface area contributed by atoms with E-state index >= 15 is 0 Å². The predicted octanol–water partition coefficient (Wildman–Crippen LogP) is 3.02. The van der Waals surface area contributed by atoms with Crippen LogP contribution in [0.4, 0.5) is 0 Å². The topological polar surface area (TPSA) is 40.1 Å². The number of unbranched alkanes of at least 4 members (excludes halogenated alkanes) is 2. The Hall–Kier alpha value is -0.960. The summed E-state index contributed by atoms with van der Waals surface area (Å²) in [5.41, 5.74) is 0. The second kappa shape index (κ2) is 12.1. The van der Waals surface area contributed by atoms with E-state index in [0.717, 1.165) is 6.92 Å². The molecule has 0 aliphatic heterocycles. The molecule has 0 saturated carbocycles. The first-order chi connectivity index (χ1) is 9.11. The van der Waals surface area contributed by atoms with Crippen LogP contribution in [0.2, 0.25) is 0 Å². The molecule has 19 heavy (non-hydrogen) atoms. The van der Waals surface area contributed by atoms with Crippen LogP contribution in [0.25, 0.3) is 0 Å². The highest BCUT2D eigenvalue weighted by atomic mass is 32.2. The summed E-state index contributed by atoms with van der Waals surface area (Å²) in [6, 6.07) is 11.1. The third-order valence-corrected chi connectivity index (χ3v) is 5.07. The average Bonchev–Trinajstić information content (AvgIpc) is 2.39. The third-order valence-electron chi connectivity index (χ3n) is 2.57. The van der Waals surface area contributed by atoms with Crippen molar-refractivity contribution in [2.75, 3.05) is 11.5 Å². The van der Waals surface area contributed by atoms with Gasteiger partial charge in [-0.25, -0.2) is 0 Å². The van der Waals surface area contributed by atoms with Crippen molar-refractivity contribution in [1.82, 2.24) is 0 Å². The molecule has 0 unspecified atom stereocenters. The molecule has 0 N–H and O–H groups in total. The number of carbonyl (C=O) groups is 1. The highest BCUT2D eigenvalue weighted by Gasteiger charge is 2.19. The molecule has 0 aliphatic carbocycles. The monoisotopic (exact) mass is 282 g/mol. The second-order valence-corrected chi connectivity index (χ2v) is 6.69. The number of hydrogen-bond acceptors (Lipinski definition) is 2. The standard InChI is InChI=1S/C14H23S.C2H4O2/c1-3-5-12-15(13-6-4-2)14-10-8-7-9-11-14;1-2(3)4/h7-11H,3-6,12-13H2,1-2H3;1H3,(H,3,4)/q+1;/p-1. The van der Waals surface area contributed by atoms with Gasteiger partial charge in [-0.2, -0.15) is 0 Å². The van der Waals surface area contributed by atoms with E-state index in [1.54, 1.807) is 4.90 Å². The molecule has 2 nitrogen and oxygen atoms in total. The Balaban J connectivity index is 0.000000711.